The summed E-state index contributed by atoms with van der Waals surface area (Å²) in [6, 6.07) is 2.15. The molecule has 0 unspecified atom stereocenters. The van der Waals surface area contributed by atoms with E-state index in [9.17, 15) is 0 Å². The van der Waals surface area contributed by atoms with E-state index in [1.165, 1.54) is 11.3 Å². The number of nitrogens with one attached hydrogen (secondary N) is 1. The molecule has 21 heavy (non-hydrogen) atoms. The molecule has 0 spiro atoms. The normalized spacial score (nSPS) is 10.9. The Hall–Kier alpha value is -1.17. The number of pyridine rings is 1. The van der Waals surface area contributed by atoms with E-state index in [0.29, 0.717) is 13.2 Å². The van der Waals surface area contributed by atoms with E-state index in [-0.39, 0.29) is 0 Å². The number of ether oxygens (including phenoxy) is 2. The minimum absolute atomic E-state index is 0.701. The van der Waals surface area contributed by atoms with Crippen LogP contribution >= 0.6 is 0 Å². The molecular formula is C16H29N3O2. The van der Waals surface area contributed by atoms with Gasteiger partial charge in [0.1, 0.15) is 0 Å². The predicted molar refractivity (Wildman–Crippen MR) is 86.9 cm³/mol. The fraction of sp³-hybridized carbons (Fsp3) is 0.688. The summed E-state index contributed by atoms with van der Waals surface area (Å²) in [6.45, 7) is 9.16. The zero-order valence-electron chi connectivity index (χ0n) is 13.8. The molecule has 0 aliphatic rings. The van der Waals surface area contributed by atoms with Crippen LogP contribution in [0.2, 0.25) is 0 Å². The minimum atomic E-state index is 0.701. The van der Waals surface area contributed by atoms with Gasteiger partial charge >= 0.3 is 0 Å². The monoisotopic (exact) mass is 295 g/mol. The van der Waals surface area contributed by atoms with Gasteiger partial charge < -0.3 is 19.7 Å². The summed E-state index contributed by atoms with van der Waals surface area (Å²) in [6.07, 6.45) is 3.10. The van der Waals surface area contributed by atoms with Gasteiger partial charge in [-0.05, 0) is 26.0 Å². The van der Waals surface area contributed by atoms with E-state index < -0.39 is 0 Å². The fourth-order valence-corrected chi connectivity index (χ4v) is 2.16. The van der Waals surface area contributed by atoms with Gasteiger partial charge in [0.25, 0.3) is 0 Å². The van der Waals surface area contributed by atoms with Crippen LogP contribution in [0, 0.1) is 6.92 Å². The third kappa shape index (κ3) is 6.42. The fourth-order valence-electron chi connectivity index (χ4n) is 2.16. The quantitative estimate of drug-likeness (QED) is 0.633. The molecule has 0 aliphatic carbocycles. The number of rotatable bonds is 11. The molecule has 0 aromatic carbocycles. The molecule has 1 N–H and O–H groups in total. The van der Waals surface area contributed by atoms with Gasteiger partial charge in [0.2, 0.25) is 0 Å². The lowest BCUT2D eigenvalue weighted by atomic mass is 10.1. The molecule has 1 aromatic rings. The van der Waals surface area contributed by atoms with Gasteiger partial charge in [0.05, 0.1) is 13.2 Å². The van der Waals surface area contributed by atoms with Crippen LogP contribution in [0.1, 0.15) is 24.6 Å². The van der Waals surface area contributed by atoms with Crippen molar-refractivity contribution in [3.05, 3.63) is 23.5 Å². The van der Waals surface area contributed by atoms with Crippen LogP contribution in [-0.4, -0.2) is 52.1 Å². The lowest BCUT2D eigenvalue weighted by molar-refractivity contribution is 0.190. The van der Waals surface area contributed by atoms with Crippen LogP contribution in [0.4, 0.5) is 5.69 Å². The lowest BCUT2D eigenvalue weighted by Crippen LogP contribution is -2.32. The van der Waals surface area contributed by atoms with E-state index in [1.54, 1.807) is 14.2 Å². The van der Waals surface area contributed by atoms with Gasteiger partial charge in [-0.3, -0.25) is 4.98 Å². The van der Waals surface area contributed by atoms with Crippen molar-refractivity contribution in [1.82, 2.24) is 10.3 Å². The van der Waals surface area contributed by atoms with Gasteiger partial charge in [0, 0.05) is 57.0 Å². The topological polar surface area (TPSA) is 46.6 Å². The molecule has 5 heteroatoms. The van der Waals surface area contributed by atoms with Gasteiger partial charge in [-0.1, -0.05) is 6.92 Å². The SMILES string of the molecule is CCCNCc1cnc(C)cc1N(CCOC)CCOC. The van der Waals surface area contributed by atoms with Gasteiger partial charge in [-0.2, -0.15) is 0 Å². The third-order valence-corrected chi connectivity index (χ3v) is 3.31. The van der Waals surface area contributed by atoms with E-state index in [2.05, 4.69) is 28.2 Å². The summed E-state index contributed by atoms with van der Waals surface area (Å²) in [4.78, 5) is 6.74. The van der Waals surface area contributed by atoms with Crippen LogP contribution in [-0.2, 0) is 16.0 Å². The molecule has 1 heterocycles. The molecule has 120 valence electrons. The van der Waals surface area contributed by atoms with E-state index >= 15 is 0 Å². The lowest BCUT2D eigenvalue weighted by Gasteiger charge is -2.27. The largest absolute Gasteiger partial charge is 0.383 e. The summed E-state index contributed by atoms with van der Waals surface area (Å²) in [5.41, 5.74) is 3.48. The van der Waals surface area contributed by atoms with Gasteiger partial charge in [0.15, 0.2) is 0 Å². The summed E-state index contributed by atoms with van der Waals surface area (Å²) < 4.78 is 10.5. The second-order valence-corrected chi connectivity index (χ2v) is 5.10. The maximum atomic E-state index is 5.23. The van der Waals surface area contributed by atoms with Crippen molar-refractivity contribution >= 4 is 5.69 Å². The number of aryl methyl sites for hydroxylation is 1. The number of anilines is 1. The zero-order valence-corrected chi connectivity index (χ0v) is 13.8. The van der Waals surface area contributed by atoms with E-state index in [0.717, 1.165) is 38.3 Å². The summed E-state index contributed by atoms with van der Waals surface area (Å²) in [7, 11) is 3.46. The Bertz CT molecular complexity index is 391. The Morgan fingerprint density at radius 3 is 2.43 bits per heavy atom. The van der Waals surface area contributed by atoms with Crippen molar-refractivity contribution in [2.75, 3.05) is 52.0 Å². The van der Waals surface area contributed by atoms with Crippen molar-refractivity contribution < 1.29 is 9.47 Å². The summed E-state index contributed by atoms with van der Waals surface area (Å²) >= 11 is 0. The zero-order chi connectivity index (χ0) is 15.5. The van der Waals surface area contributed by atoms with Gasteiger partial charge in [-0.15, -0.1) is 0 Å². The molecule has 0 fully saturated rings. The Balaban J connectivity index is 2.88. The van der Waals surface area contributed by atoms with Crippen molar-refractivity contribution in [3.63, 3.8) is 0 Å². The maximum absolute atomic E-state index is 5.23. The number of hydrogen-bond acceptors (Lipinski definition) is 5. The van der Waals surface area contributed by atoms with Gasteiger partial charge in [-0.25, -0.2) is 0 Å². The van der Waals surface area contributed by atoms with Crippen molar-refractivity contribution in [2.24, 2.45) is 0 Å². The average molecular weight is 295 g/mol. The number of aromatic nitrogens is 1. The van der Waals surface area contributed by atoms with E-state index in [1.807, 2.05) is 13.1 Å². The number of methoxy groups -OCH3 is 2. The second kappa shape index (κ2) is 10.5. The van der Waals surface area contributed by atoms with Crippen LogP contribution in [0.25, 0.3) is 0 Å². The highest BCUT2D eigenvalue weighted by molar-refractivity contribution is 5.53. The molecule has 0 aliphatic heterocycles. The molecule has 5 nitrogen and oxygen atoms in total. The molecule has 0 bridgehead atoms. The first-order chi connectivity index (χ1) is 10.2. The smallest absolute Gasteiger partial charge is 0.0637 e. The minimum Gasteiger partial charge on any atom is -0.383 e. The molecule has 0 saturated carbocycles. The number of hydrogen-bond donors (Lipinski definition) is 1. The Labute approximate surface area is 128 Å². The first kappa shape index (κ1) is 17.9. The summed E-state index contributed by atoms with van der Waals surface area (Å²) in [5.74, 6) is 0. The van der Waals surface area contributed by atoms with Crippen LogP contribution in [0.5, 0.6) is 0 Å². The van der Waals surface area contributed by atoms with Crippen LogP contribution in [0.15, 0.2) is 12.3 Å². The molecule has 0 atom stereocenters. The van der Waals surface area contributed by atoms with Crippen molar-refractivity contribution in [2.45, 2.75) is 26.8 Å². The average Bonchev–Trinajstić information content (AvgIpc) is 2.49. The maximum Gasteiger partial charge on any atom is 0.0637 e. The molecule has 0 radical (unpaired) electrons. The highest BCUT2D eigenvalue weighted by Crippen LogP contribution is 2.21. The molecule has 0 saturated heterocycles. The van der Waals surface area contributed by atoms with Crippen LogP contribution in [0.3, 0.4) is 0 Å². The van der Waals surface area contributed by atoms with Crippen molar-refractivity contribution in [1.29, 1.82) is 0 Å². The molecule has 0 amide bonds. The highest BCUT2D eigenvalue weighted by Gasteiger charge is 2.12. The third-order valence-electron chi connectivity index (χ3n) is 3.31. The first-order valence-electron chi connectivity index (χ1n) is 7.62. The highest BCUT2D eigenvalue weighted by atomic mass is 16.5. The molecular weight excluding hydrogens is 266 g/mol. The molecule has 1 aromatic heterocycles. The number of nitrogens with zero attached hydrogens (tertiary/aromatic N) is 2. The van der Waals surface area contributed by atoms with Crippen molar-refractivity contribution in [3.8, 4) is 0 Å². The van der Waals surface area contributed by atoms with E-state index in [4.69, 9.17) is 9.47 Å². The Morgan fingerprint density at radius 2 is 1.86 bits per heavy atom. The Kier molecular flexibility index (Phi) is 8.98. The summed E-state index contributed by atoms with van der Waals surface area (Å²) in [5, 5.41) is 3.45. The first-order valence-corrected chi connectivity index (χ1v) is 7.62. The standard InChI is InChI=1S/C16H29N3O2/c1-5-6-17-12-15-13-18-14(2)11-16(15)19(7-9-20-3)8-10-21-4/h11,13,17H,5-10,12H2,1-4H3. The predicted octanol–water partition coefficient (Wildman–Crippen LogP) is 1.99. The second-order valence-electron chi connectivity index (χ2n) is 5.10. The Morgan fingerprint density at radius 1 is 1.19 bits per heavy atom. The van der Waals surface area contributed by atoms with Crippen LogP contribution < -0.4 is 10.2 Å². The molecule has 1 rings (SSSR count).